The van der Waals surface area contributed by atoms with Gasteiger partial charge in [-0.15, -0.1) is 0 Å². The summed E-state index contributed by atoms with van der Waals surface area (Å²) in [4.78, 5) is 58.9. The molecule has 3 saturated heterocycles. The SMILES string of the molecule is CC(=O)OC[C@H]1O[C@@H](O[C@@H]2C[C@H]3C(=O)OC(C(F)(F)F)(C(F)(F)F)N3C2)[C@H](OC(C)=O)[C@@H](OC(C)=O)[C@@H]1OC(C)=O. The largest absolute Gasteiger partial charge is 0.463 e. The first-order chi connectivity index (χ1) is 18.8. The van der Waals surface area contributed by atoms with Crippen molar-refractivity contribution in [3.8, 4) is 0 Å². The van der Waals surface area contributed by atoms with Crippen LogP contribution >= 0.6 is 0 Å². The summed E-state index contributed by atoms with van der Waals surface area (Å²) >= 11 is 0. The number of esters is 5. The minimum absolute atomic E-state index is 0.231. The van der Waals surface area contributed by atoms with Crippen LogP contribution in [-0.4, -0.2) is 109 Å². The molecule has 13 nitrogen and oxygen atoms in total. The normalized spacial score (nSPS) is 31.6. The molecule has 3 aliphatic rings. The van der Waals surface area contributed by atoms with E-state index in [0.29, 0.717) is 0 Å². The molecule has 19 heteroatoms. The second-order valence-electron chi connectivity index (χ2n) is 9.29. The Morgan fingerprint density at radius 3 is 1.85 bits per heavy atom. The summed E-state index contributed by atoms with van der Waals surface area (Å²) in [5.74, 6) is -5.57. The number of hydrogen-bond acceptors (Lipinski definition) is 13. The molecular formula is C22H25F6NO12. The number of alkyl halides is 6. The van der Waals surface area contributed by atoms with Crippen molar-refractivity contribution in [2.24, 2.45) is 0 Å². The van der Waals surface area contributed by atoms with E-state index in [4.69, 9.17) is 28.4 Å². The zero-order valence-corrected chi connectivity index (χ0v) is 21.8. The molecule has 0 aliphatic carbocycles. The molecule has 232 valence electrons. The predicted octanol–water partition coefficient (Wildman–Crippen LogP) is 0.907. The van der Waals surface area contributed by atoms with Crippen molar-refractivity contribution in [1.29, 1.82) is 0 Å². The molecule has 3 rings (SSSR count). The van der Waals surface area contributed by atoms with Crippen LogP contribution in [0.3, 0.4) is 0 Å². The Hall–Kier alpha value is -3.19. The molecule has 0 amide bonds. The van der Waals surface area contributed by atoms with Crippen LogP contribution in [0.1, 0.15) is 34.1 Å². The number of nitrogens with zero attached hydrogens (tertiary/aromatic N) is 1. The molecule has 0 bridgehead atoms. The summed E-state index contributed by atoms with van der Waals surface area (Å²) < 4.78 is 118. The smallest absolute Gasteiger partial charge is 0.453 e. The first-order valence-electron chi connectivity index (χ1n) is 11.9. The Labute approximate surface area is 227 Å². The fourth-order valence-corrected chi connectivity index (χ4v) is 4.83. The molecule has 41 heavy (non-hydrogen) atoms. The highest BCUT2D eigenvalue weighted by molar-refractivity contribution is 5.79. The summed E-state index contributed by atoms with van der Waals surface area (Å²) in [7, 11) is 0. The fraction of sp³-hybridized carbons (Fsp3) is 0.773. The van der Waals surface area contributed by atoms with Crippen LogP contribution in [-0.2, 0) is 57.1 Å². The lowest BCUT2D eigenvalue weighted by Crippen LogP contribution is -2.66. The number of ether oxygens (including phenoxy) is 7. The molecule has 0 aromatic heterocycles. The molecule has 0 saturated carbocycles. The molecule has 3 heterocycles. The standard InChI is InChI=1S/C22H25F6NO12/c1-8(30)35-7-14-15(36-9(2)31)16(37-10(3)32)17(38-11(4)33)19(40-14)39-12-5-13-18(34)41-20(21(23,24)25,22(26,27)28)29(13)6-12/h12-17,19H,5-7H2,1-4H3/t12-,13+,14-,15-,16+,17-,19-/m1/s1. The van der Waals surface area contributed by atoms with E-state index in [9.17, 15) is 50.3 Å². The maximum Gasteiger partial charge on any atom is 0.453 e. The zero-order valence-electron chi connectivity index (χ0n) is 21.8. The first-order valence-corrected chi connectivity index (χ1v) is 11.9. The van der Waals surface area contributed by atoms with E-state index in [-0.39, 0.29) is 4.90 Å². The minimum Gasteiger partial charge on any atom is -0.463 e. The number of fused-ring (bicyclic) bond motifs is 1. The predicted molar refractivity (Wildman–Crippen MR) is 113 cm³/mol. The number of rotatable bonds is 7. The van der Waals surface area contributed by atoms with Gasteiger partial charge in [-0.05, 0) is 0 Å². The van der Waals surface area contributed by atoms with Crippen LogP contribution < -0.4 is 0 Å². The van der Waals surface area contributed by atoms with Crippen molar-refractivity contribution in [3.63, 3.8) is 0 Å². The monoisotopic (exact) mass is 609 g/mol. The van der Waals surface area contributed by atoms with Gasteiger partial charge in [0.2, 0.25) is 0 Å². The second kappa shape index (κ2) is 11.6. The number of hydrogen-bond donors (Lipinski definition) is 0. The Morgan fingerprint density at radius 1 is 0.854 bits per heavy atom. The number of halogens is 6. The van der Waals surface area contributed by atoms with Crippen LogP contribution in [0.5, 0.6) is 0 Å². The van der Waals surface area contributed by atoms with E-state index in [2.05, 4.69) is 4.74 Å². The van der Waals surface area contributed by atoms with Gasteiger partial charge in [-0.25, -0.2) is 4.90 Å². The average Bonchev–Trinajstić information content (AvgIpc) is 3.33. The molecule has 3 aliphatic heterocycles. The summed E-state index contributed by atoms with van der Waals surface area (Å²) in [6, 6.07) is -2.02. The molecule has 0 aromatic rings. The van der Waals surface area contributed by atoms with Crippen LogP contribution in [0.4, 0.5) is 26.3 Å². The summed E-state index contributed by atoms with van der Waals surface area (Å²) in [5.41, 5.74) is -4.94. The molecule has 3 fully saturated rings. The summed E-state index contributed by atoms with van der Waals surface area (Å²) in [6.07, 6.45) is -22.9. The lowest BCUT2D eigenvalue weighted by atomic mass is 9.98. The summed E-state index contributed by atoms with van der Waals surface area (Å²) in [5, 5.41) is 0. The Morgan fingerprint density at radius 2 is 1.37 bits per heavy atom. The van der Waals surface area contributed by atoms with Crippen molar-refractivity contribution in [2.75, 3.05) is 13.2 Å². The maximum atomic E-state index is 13.7. The highest BCUT2D eigenvalue weighted by Crippen LogP contribution is 2.54. The van der Waals surface area contributed by atoms with Gasteiger partial charge in [0.25, 0.3) is 0 Å². The van der Waals surface area contributed by atoms with Gasteiger partial charge in [-0.1, -0.05) is 0 Å². The number of carbonyl (C=O) groups excluding carboxylic acids is 5. The van der Waals surface area contributed by atoms with Crippen LogP contribution in [0.25, 0.3) is 0 Å². The lowest BCUT2D eigenvalue weighted by Gasteiger charge is -2.44. The van der Waals surface area contributed by atoms with Gasteiger partial charge in [0.1, 0.15) is 18.8 Å². The average molecular weight is 609 g/mol. The Bertz CT molecular complexity index is 1050. The van der Waals surface area contributed by atoms with E-state index in [1.165, 1.54) is 0 Å². The van der Waals surface area contributed by atoms with E-state index in [1.54, 1.807) is 0 Å². The highest BCUT2D eigenvalue weighted by Gasteiger charge is 2.83. The Kier molecular flexibility index (Phi) is 9.14. The molecule has 0 aromatic carbocycles. The minimum atomic E-state index is -6.08. The van der Waals surface area contributed by atoms with Crippen molar-refractivity contribution in [2.45, 2.75) is 95.0 Å². The molecule has 0 unspecified atom stereocenters. The van der Waals surface area contributed by atoms with Crippen molar-refractivity contribution in [3.05, 3.63) is 0 Å². The lowest BCUT2D eigenvalue weighted by molar-refractivity contribution is -0.401. The zero-order chi connectivity index (χ0) is 31.1. The fourth-order valence-electron chi connectivity index (χ4n) is 4.83. The molecule has 0 spiro atoms. The van der Waals surface area contributed by atoms with E-state index < -0.39 is 110 Å². The number of cyclic esters (lactones) is 1. The van der Waals surface area contributed by atoms with Gasteiger partial charge >= 0.3 is 47.9 Å². The van der Waals surface area contributed by atoms with Crippen molar-refractivity contribution >= 4 is 29.8 Å². The van der Waals surface area contributed by atoms with Gasteiger partial charge in [0.15, 0.2) is 24.6 Å². The molecular weight excluding hydrogens is 584 g/mol. The third-order valence-electron chi connectivity index (χ3n) is 6.23. The van der Waals surface area contributed by atoms with Gasteiger partial charge < -0.3 is 33.2 Å². The summed E-state index contributed by atoms with van der Waals surface area (Å²) in [6.45, 7) is 2.02. The van der Waals surface area contributed by atoms with Crippen molar-refractivity contribution < 1.29 is 83.5 Å². The molecule has 7 atom stereocenters. The van der Waals surface area contributed by atoms with Gasteiger partial charge in [0.05, 0.1) is 6.10 Å². The van der Waals surface area contributed by atoms with E-state index >= 15 is 0 Å². The highest BCUT2D eigenvalue weighted by atomic mass is 19.4. The number of carbonyl (C=O) groups is 5. The van der Waals surface area contributed by atoms with Gasteiger partial charge in [0, 0.05) is 40.7 Å². The third kappa shape index (κ3) is 6.50. The quantitative estimate of drug-likeness (QED) is 0.229. The van der Waals surface area contributed by atoms with Gasteiger partial charge in [-0.3, -0.25) is 24.0 Å². The maximum absolute atomic E-state index is 13.7. The van der Waals surface area contributed by atoms with Crippen LogP contribution in [0, 0.1) is 0 Å². The molecule has 0 radical (unpaired) electrons. The molecule has 0 N–H and O–H groups in total. The first kappa shape index (κ1) is 32.3. The topological polar surface area (TPSA) is 153 Å². The van der Waals surface area contributed by atoms with E-state index in [0.717, 1.165) is 27.7 Å². The van der Waals surface area contributed by atoms with Crippen LogP contribution in [0.15, 0.2) is 0 Å². The van der Waals surface area contributed by atoms with E-state index in [1.807, 2.05) is 0 Å². The van der Waals surface area contributed by atoms with Crippen LogP contribution in [0.2, 0.25) is 0 Å². The Balaban J connectivity index is 1.97. The second-order valence-corrected chi connectivity index (χ2v) is 9.29. The van der Waals surface area contributed by atoms with Crippen molar-refractivity contribution in [1.82, 2.24) is 4.90 Å². The van der Waals surface area contributed by atoms with Gasteiger partial charge in [-0.2, -0.15) is 26.3 Å². The third-order valence-corrected chi connectivity index (χ3v) is 6.23.